The molecule has 30 heavy (non-hydrogen) atoms. The standard InChI is InChI=1S/C20H17Cl2N5O3/c21-14-9-13(10-15(22)11-14)20(30)24-16-3-1-12(2-4-16)19(29)25-18-6-8-27(26-18)7-5-17(23)28/h1-4,6,8-11H,5,7H2,(H2,23,28)(H,24,30)(H,25,26,29). The first-order valence-electron chi connectivity index (χ1n) is 8.81. The third-order valence-corrected chi connectivity index (χ3v) is 4.44. The average Bonchev–Trinajstić information content (AvgIpc) is 3.13. The van der Waals surface area contributed by atoms with Crippen LogP contribution in [0.5, 0.6) is 0 Å². The maximum Gasteiger partial charge on any atom is 0.256 e. The van der Waals surface area contributed by atoms with E-state index in [1.54, 1.807) is 36.5 Å². The van der Waals surface area contributed by atoms with Crippen molar-refractivity contribution < 1.29 is 14.4 Å². The van der Waals surface area contributed by atoms with Gasteiger partial charge < -0.3 is 16.4 Å². The molecule has 0 saturated carbocycles. The smallest absolute Gasteiger partial charge is 0.256 e. The molecule has 2 aromatic carbocycles. The number of nitrogens with zero attached hydrogens (tertiary/aromatic N) is 2. The summed E-state index contributed by atoms with van der Waals surface area (Å²) in [5, 5.41) is 10.2. The molecule has 0 aliphatic carbocycles. The van der Waals surface area contributed by atoms with Gasteiger partial charge in [-0.25, -0.2) is 0 Å². The van der Waals surface area contributed by atoms with E-state index in [9.17, 15) is 14.4 Å². The van der Waals surface area contributed by atoms with Crippen LogP contribution in [0.3, 0.4) is 0 Å². The van der Waals surface area contributed by atoms with Gasteiger partial charge in [0, 0.05) is 52.1 Å². The molecule has 0 aliphatic heterocycles. The lowest BCUT2D eigenvalue weighted by Crippen LogP contribution is -2.15. The molecule has 3 aromatic rings. The molecule has 3 amide bonds. The average molecular weight is 446 g/mol. The zero-order chi connectivity index (χ0) is 21.7. The van der Waals surface area contributed by atoms with Crippen LogP contribution >= 0.6 is 23.2 Å². The van der Waals surface area contributed by atoms with Crippen LogP contribution in [-0.4, -0.2) is 27.5 Å². The number of hydrogen-bond donors (Lipinski definition) is 3. The molecule has 10 heteroatoms. The van der Waals surface area contributed by atoms with Gasteiger partial charge in [-0.2, -0.15) is 5.10 Å². The van der Waals surface area contributed by atoms with Crippen LogP contribution in [0, 0.1) is 0 Å². The Kier molecular flexibility index (Phi) is 6.71. The van der Waals surface area contributed by atoms with Gasteiger partial charge in [-0.05, 0) is 42.5 Å². The van der Waals surface area contributed by atoms with Crippen molar-refractivity contribution in [1.82, 2.24) is 9.78 Å². The number of anilines is 2. The Morgan fingerprint density at radius 1 is 0.900 bits per heavy atom. The van der Waals surface area contributed by atoms with E-state index in [4.69, 9.17) is 28.9 Å². The van der Waals surface area contributed by atoms with Crippen LogP contribution in [0.1, 0.15) is 27.1 Å². The van der Waals surface area contributed by atoms with E-state index in [1.165, 1.54) is 22.9 Å². The number of nitrogens with two attached hydrogens (primary N) is 1. The van der Waals surface area contributed by atoms with Gasteiger partial charge in [0.2, 0.25) is 5.91 Å². The maximum absolute atomic E-state index is 12.4. The Hall–Kier alpha value is -3.36. The van der Waals surface area contributed by atoms with Crippen molar-refractivity contribution in [2.75, 3.05) is 10.6 Å². The lowest BCUT2D eigenvalue weighted by atomic mass is 10.1. The van der Waals surface area contributed by atoms with E-state index < -0.39 is 5.91 Å². The highest BCUT2D eigenvalue weighted by molar-refractivity contribution is 6.35. The summed E-state index contributed by atoms with van der Waals surface area (Å²) in [6, 6.07) is 12.5. The number of rotatable bonds is 7. The third kappa shape index (κ3) is 5.82. The van der Waals surface area contributed by atoms with Crippen LogP contribution in [-0.2, 0) is 11.3 Å². The minimum atomic E-state index is -0.429. The molecular weight excluding hydrogens is 429 g/mol. The Balaban J connectivity index is 1.60. The number of amides is 3. The summed E-state index contributed by atoms with van der Waals surface area (Å²) in [4.78, 5) is 35.5. The summed E-state index contributed by atoms with van der Waals surface area (Å²) in [7, 11) is 0. The van der Waals surface area contributed by atoms with Gasteiger partial charge in [-0.1, -0.05) is 23.2 Å². The van der Waals surface area contributed by atoms with Gasteiger partial charge in [0.1, 0.15) is 0 Å². The minimum Gasteiger partial charge on any atom is -0.370 e. The lowest BCUT2D eigenvalue weighted by molar-refractivity contribution is -0.118. The Morgan fingerprint density at radius 2 is 1.53 bits per heavy atom. The van der Waals surface area contributed by atoms with Gasteiger partial charge in [-0.3, -0.25) is 19.1 Å². The highest BCUT2D eigenvalue weighted by Gasteiger charge is 2.11. The van der Waals surface area contributed by atoms with Gasteiger partial charge in [-0.15, -0.1) is 0 Å². The number of aryl methyl sites for hydroxylation is 1. The molecule has 0 atom stereocenters. The fourth-order valence-corrected chi connectivity index (χ4v) is 3.09. The number of carbonyl (C=O) groups is 3. The fraction of sp³-hybridized carbons (Fsp3) is 0.100. The summed E-state index contributed by atoms with van der Waals surface area (Å²) in [5.74, 6) is -0.825. The first-order chi connectivity index (χ1) is 14.3. The van der Waals surface area contributed by atoms with Crippen molar-refractivity contribution in [1.29, 1.82) is 0 Å². The zero-order valence-electron chi connectivity index (χ0n) is 15.6. The van der Waals surface area contributed by atoms with Crippen molar-refractivity contribution in [2.24, 2.45) is 5.73 Å². The second-order valence-electron chi connectivity index (χ2n) is 6.32. The predicted octanol–water partition coefficient (Wildman–Crippen LogP) is 3.57. The van der Waals surface area contributed by atoms with E-state index in [0.717, 1.165) is 0 Å². The molecule has 0 aliphatic rings. The van der Waals surface area contributed by atoms with Crippen molar-refractivity contribution in [3.8, 4) is 0 Å². The molecule has 3 rings (SSSR count). The summed E-state index contributed by atoms with van der Waals surface area (Å²) in [6.45, 7) is 0.331. The summed E-state index contributed by atoms with van der Waals surface area (Å²) < 4.78 is 1.51. The monoisotopic (exact) mass is 445 g/mol. The highest BCUT2D eigenvalue weighted by Crippen LogP contribution is 2.20. The van der Waals surface area contributed by atoms with Crippen molar-refractivity contribution in [2.45, 2.75) is 13.0 Å². The third-order valence-electron chi connectivity index (χ3n) is 4.00. The number of halogens is 2. The first-order valence-corrected chi connectivity index (χ1v) is 9.56. The molecule has 0 unspecified atom stereocenters. The van der Waals surface area contributed by atoms with Gasteiger partial charge in [0.25, 0.3) is 11.8 Å². The van der Waals surface area contributed by atoms with Crippen LogP contribution in [0.4, 0.5) is 11.5 Å². The van der Waals surface area contributed by atoms with Crippen LogP contribution in [0.15, 0.2) is 54.7 Å². The van der Waals surface area contributed by atoms with E-state index in [-0.39, 0.29) is 18.2 Å². The Bertz CT molecular complexity index is 1080. The van der Waals surface area contributed by atoms with E-state index in [1.807, 2.05) is 0 Å². The number of nitrogens with one attached hydrogen (secondary N) is 2. The molecule has 8 nitrogen and oxygen atoms in total. The molecule has 0 bridgehead atoms. The van der Waals surface area contributed by atoms with Crippen molar-refractivity contribution >= 4 is 52.4 Å². The number of carbonyl (C=O) groups excluding carboxylic acids is 3. The second-order valence-corrected chi connectivity index (χ2v) is 7.20. The number of benzene rings is 2. The molecule has 154 valence electrons. The maximum atomic E-state index is 12.4. The molecular formula is C20H17Cl2N5O3. The molecule has 0 spiro atoms. The molecule has 0 radical (unpaired) electrons. The van der Waals surface area contributed by atoms with Crippen LogP contribution in [0.2, 0.25) is 10.0 Å². The topological polar surface area (TPSA) is 119 Å². The lowest BCUT2D eigenvalue weighted by Gasteiger charge is -2.07. The number of aromatic nitrogens is 2. The van der Waals surface area contributed by atoms with Crippen molar-refractivity contribution in [3.63, 3.8) is 0 Å². The SMILES string of the molecule is NC(=O)CCn1ccc(NC(=O)c2ccc(NC(=O)c3cc(Cl)cc(Cl)c3)cc2)n1. The van der Waals surface area contributed by atoms with E-state index in [2.05, 4.69) is 15.7 Å². The minimum absolute atomic E-state index is 0.156. The second kappa shape index (κ2) is 9.43. The summed E-state index contributed by atoms with van der Waals surface area (Å²) >= 11 is 11.8. The van der Waals surface area contributed by atoms with Gasteiger partial charge in [0.15, 0.2) is 5.82 Å². The molecule has 0 saturated heterocycles. The largest absolute Gasteiger partial charge is 0.370 e. The zero-order valence-corrected chi connectivity index (χ0v) is 17.1. The fourth-order valence-electron chi connectivity index (χ4n) is 2.56. The highest BCUT2D eigenvalue weighted by atomic mass is 35.5. The Morgan fingerprint density at radius 3 is 2.17 bits per heavy atom. The summed E-state index contributed by atoms with van der Waals surface area (Å²) in [5.41, 5.74) is 6.31. The molecule has 0 fully saturated rings. The van der Waals surface area contributed by atoms with Crippen LogP contribution < -0.4 is 16.4 Å². The van der Waals surface area contributed by atoms with Gasteiger partial charge >= 0.3 is 0 Å². The molecule has 1 aromatic heterocycles. The quantitative estimate of drug-likeness (QED) is 0.514. The molecule has 4 N–H and O–H groups in total. The molecule has 1 heterocycles. The number of primary amides is 1. The summed E-state index contributed by atoms with van der Waals surface area (Å²) in [6.07, 6.45) is 1.79. The van der Waals surface area contributed by atoms with Crippen molar-refractivity contribution in [3.05, 3.63) is 75.9 Å². The van der Waals surface area contributed by atoms with Gasteiger partial charge in [0.05, 0.1) is 0 Å². The normalized spacial score (nSPS) is 10.5. The number of hydrogen-bond acceptors (Lipinski definition) is 4. The van der Waals surface area contributed by atoms with Crippen LogP contribution in [0.25, 0.3) is 0 Å². The van der Waals surface area contributed by atoms with E-state index >= 15 is 0 Å². The Labute approximate surface area is 182 Å². The first kappa shape index (κ1) is 21.4. The predicted molar refractivity (Wildman–Crippen MR) is 115 cm³/mol. The van der Waals surface area contributed by atoms with E-state index in [0.29, 0.717) is 39.2 Å².